The van der Waals surface area contributed by atoms with Crippen LogP contribution < -0.4 is 5.73 Å². The first-order valence-corrected chi connectivity index (χ1v) is 7.48. The molecule has 3 rings (SSSR count). The van der Waals surface area contributed by atoms with Crippen LogP contribution in [-0.4, -0.2) is 45.8 Å². The quantitative estimate of drug-likeness (QED) is 0.920. The zero-order chi connectivity index (χ0) is 14.7. The molecule has 0 saturated carbocycles. The van der Waals surface area contributed by atoms with Gasteiger partial charge in [0.2, 0.25) is 0 Å². The van der Waals surface area contributed by atoms with Crippen molar-refractivity contribution in [2.45, 2.75) is 13.1 Å². The molecule has 0 bridgehead atoms. The van der Waals surface area contributed by atoms with Gasteiger partial charge in [0.25, 0.3) is 0 Å². The summed E-state index contributed by atoms with van der Waals surface area (Å²) < 4.78 is 1.74. The van der Waals surface area contributed by atoms with Crippen LogP contribution in [0.25, 0.3) is 0 Å². The van der Waals surface area contributed by atoms with Crippen molar-refractivity contribution in [2.24, 2.45) is 7.05 Å². The molecule has 0 spiro atoms. The van der Waals surface area contributed by atoms with E-state index in [-0.39, 0.29) is 0 Å². The molecule has 1 aliphatic heterocycles. The number of nitrogens with zero attached hydrogens (tertiary/aromatic N) is 4. The fourth-order valence-corrected chi connectivity index (χ4v) is 2.80. The van der Waals surface area contributed by atoms with E-state index in [1.54, 1.807) is 4.68 Å². The molecule has 5 heteroatoms. The Bertz CT molecular complexity index is 550. The van der Waals surface area contributed by atoms with E-state index >= 15 is 0 Å². The predicted octanol–water partition coefficient (Wildman–Crippen LogP) is 1.32. The topological polar surface area (TPSA) is 50.3 Å². The SMILES string of the molecule is Cn1nc(CN2CCN(Cc3ccccc3)CC2)cc1N. The van der Waals surface area contributed by atoms with Gasteiger partial charge in [-0.15, -0.1) is 0 Å². The van der Waals surface area contributed by atoms with E-state index in [1.165, 1.54) is 5.56 Å². The summed E-state index contributed by atoms with van der Waals surface area (Å²) in [4.78, 5) is 4.96. The lowest BCUT2D eigenvalue weighted by Gasteiger charge is -2.34. The number of aromatic nitrogens is 2. The summed E-state index contributed by atoms with van der Waals surface area (Å²) >= 11 is 0. The van der Waals surface area contributed by atoms with Crippen molar-refractivity contribution >= 4 is 5.82 Å². The van der Waals surface area contributed by atoms with E-state index in [4.69, 9.17) is 5.73 Å². The maximum Gasteiger partial charge on any atom is 0.121 e. The molecule has 1 aromatic carbocycles. The van der Waals surface area contributed by atoms with Crippen LogP contribution in [0.5, 0.6) is 0 Å². The number of nitrogens with two attached hydrogens (primary N) is 1. The highest BCUT2D eigenvalue weighted by molar-refractivity contribution is 5.30. The molecule has 1 aromatic heterocycles. The third kappa shape index (κ3) is 3.62. The molecule has 0 radical (unpaired) electrons. The van der Waals surface area contributed by atoms with Gasteiger partial charge in [0.05, 0.1) is 5.69 Å². The number of benzene rings is 1. The molecule has 2 heterocycles. The number of piperazine rings is 1. The molecule has 2 N–H and O–H groups in total. The minimum atomic E-state index is 0.729. The first-order valence-electron chi connectivity index (χ1n) is 7.48. The molecular formula is C16H23N5. The van der Waals surface area contributed by atoms with E-state index in [9.17, 15) is 0 Å². The second-order valence-electron chi connectivity index (χ2n) is 5.72. The summed E-state index contributed by atoms with van der Waals surface area (Å²) in [5.74, 6) is 0.729. The lowest BCUT2D eigenvalue weighted by Crippen LogP contribution is -2.45. The Labute approximate surface area is 126 Å². The molecule has 0 amide bonds. The molecular weight excluding hydrogens is 262 g/mol. The standard InChI is InChI=1S/C16H23N5/c1-19-16(17)11-15(18-19)13-21-9-7-20(8-10-21)12-14-5-3-2-4-6-14/h2-6,11H,7-10,12-13,17H2,1H3. The molecule has 1 saturated heterocycles. The summed E-state index contributed by atoms with van der Waals surface area (Å²) in [5, 5.41) is 4.43. The molecule has 0 unspecified atom stereocenters. The molecule has 0 atom stereocenters. The Hall–Kier alpha value is -1.85. The monoisotopic (exact) mass is 285 g/mol. The zero-order valence-electron chi connectivity index (χ0n) is 12.6. The third-order valence-electron chi connectivity index (χ3n) is 4.07. The van der Waals surface area contributed by atoms with E-state index in [1.807, 2.05) is 13.1 Å². The lowest BCUT2D eigenvalue weighted by molar-refractivity contribution is 0.121. The Kier molecular flexibility index (Phi) is 4.22. The van der Waals surface area contributed by atoms with Crippen LogP contribution in [0.15, 0.2) is 36.4 Å². The van der Waals surface area contributed by atoms with Gasteiger partial charge in [0.1, 0.15) is 5.82 Å². The molecule has 5 nitrogen and oxygen atoms in total. The number of aryl methyl sites for hydroxylation is 1. The average molecular weight is 285 g/mol. The highest BCUT2D eigenvalue weighted by atomic mass is 15.3. The number of anilines is 1. The second-order valence-corrected chi connectivity index (χ2v) is 5.72. The van der Waals surface area contributed by atoms with E-state index in [2.05, 4.69) is 45.2 Å². The maximum atomic E-state index is 5.83. The molecule has 0 aliphatic carbocycles. The van der Waals surface area contributed by atoms with Gasteiger partial charge >= 0.3 is 0 Å². The Morgan fingerprint density at radius 2 is 1.62 bits per heavy atom. The van der Waals surface area contributed by atoms with Crippen molar-refractivity contribution < 1.29 is 0 Å². The average Bonchev–Trinajstić information content (AvgIpc) is 2.80. The number of hydrogen-bond donors (Lipinski definition) is 1. The largest absolute Gasteiger partial charge is 0.384 e. The first-order chi connectivity index (χ1) is 10.2. The van der Waals surface area contributed by atoms with E-state index in [0.29, 0.717) is 0 Å². The van der Waals surface area contributed by atoms with Gasteiger partial charge in [-0.2, -0.15) is 5.10 Å². The van der Waals surface area contributed by atoms with Crippen LogP contribution in [0.2, 0.25) is 0 Å². The Morgan fingerprint density at radius 1 is 1.00 bits per heavy atom. The van der Waals surface area contributed by atoms with Crippen molar-refractivity contribution in [3.8, 4) is 0 Å². The van der Waals surface area contributed by atoms with Gasteiger partial charge in [0, 0.05) is 52.4 Å². The third-order valence-corrected chi connectivity index (χ3v) is 4.07. The van der Waals surface area contributed by atoms with Crippen LogP contribution in [-0.2, 0) is 20.1 Å². The first kappa shape index (κ1) is 14.1. The highest BCUT2D eigenvalue weighted by Gasteiger charge is 2.18. The minimum absolute atomic E-state index is 0.729. The smallest absolute Gasteiger partial charge is 0.121 e. The van der Waals surface area contributed by atoms with E-state index < -0.39 is 0 Å². The second kappa shape index (κ2) is 6.28. The van der Waals surface area contributed by atoms with Crippen LogP contribution in [0.3, 0.4) is 0 Å². The summed E-state index contributed by atoms with van der Waals surface area (Å²) in [6, 6.07) is 12.6. The van der Waals surface area contributed by atoms with Crippen LogP contribution in [0, 0.1) is 0 Å². The van der Waals surface area contributed by atoms with Crippen LogP contribution in [0.1, 0.15) is 11.3 Å². The van der Waals surface area contributed by atoms with Gasteiger partial charge in [-0.3, -0.25) is 14.5 Å². The Balaban J connectivity index is 1.49. The predicted molar refractivity (Wildman–Crippen MR) is 84.6 cm³/mol. The number of rotatable bonds is 4. The number of hydrogen-bond acceptors (Lipinski definition) is 4. The molecule has 2 aromatic rings. The fraction of sp³-hybridized carbons (Fsp3) is 0.438. The molecule has 1 fully saturated rings. The van der Waals surface area contributed by atoms with Gasteiger partial charge in [-0.25, -0.2) is 0 Å². The van der Waals surface area contributed by atoms with Gasteiger partial charge in [-0.1, -0.05) is 30.3 Å². The Morgan fingerprint density at radius 3 is 2.19 bits per heavy atom. The minimum Gasteiger partial charge on any atom is -0.384 e. The van der Waals surface area contributed by atoms with Gasteiger partial charge in [0.15, 0.2) is 0 Å². The summed E-state index contributed by atoms with van der Waals surface area (Å²) in [6.07, 6.45) is 0. The fourth-order valence-electron chi connectivity index (χ4n) is 2.80. The zero-order valence-corrected chi connectivity index (χ0v) is 12.6. The lowest BCUT2D eigenvalue weighted by atomic mass is 10.2. The van der Waals surface area contributed by atoms with Gasteiger partial charge < -0.3 is 5.73 Å². The summed E-state index contributed by atoms with van der Waals surface area (Å²) in [6.45, 7) is 6.33. The maximum absolute atomic E-state index is 5.83. The van der Waals surface area contributed by atoms with Crippen molar-refractivity contribution in [1.82, 2.24) is 19.6 Å². The summed E-state index contributed by atoms with van der Waals surface area (Å²) in [7, 11) is 1.89. The van der Waals surface area contributed by atoms with Crippen molar-refractivity contribution in [2.75, 3.05) is 31.9 Å². The summed E-state index contributed by atoms with van der Waals surface area (Å²) in [5.41, 5.74) is 8.28. The van der Waals surface area contributed by atoms with Gasteiger partial charge in [-0.05, 0) is 5.56 Å². The molecule has 112 valence electrons. The number of nitrogen functional groups attached to an aromatic ring is 1. The normalized spacial score (nSPS) is 17.2. The van der Waals surface area contributed by atoms with Crippen LogP contribution >= 0.6 is 0 Å². The van der Waals surface area contributed by atoms with E-state index in [0.717, 1.165) is 50.8 Å². The molecule has 21 heavy (non-hydrogen) atoms. The van der Waals surface area contributed by atoms with Crippen molar-refractivity contribution in [3.05, 3.63) is 47.7 Å². The van der Waals surface area contributed by atoms with Crippen LogP contribution in [0.4, 0.5) is 5.82 Å². The van der Waals surface area contributed by atoms with Crippen molar-refractivity contribution in [1.29, 1.82) is 0 Å². The molecule has 1 aliphatic rings. The highest BCUT2D eigenvalue weighted by Crippen LogP contribution is 2.12. The van der Waals surface area contributed by atoms with Crippen molar-refractivity contribution in [3.63, 3.8) is 0 Å².